The Kier molecular flexibility index (Phi) is 6.53. The van der Waals surface area contributed by atoms with Crippen molar-refractivity contribution in [3.8, 4) is 0 Å². The van der Waals surface area contributed by atoms with Crippen molar-refractivity contribution >= 4 is 15.9 Å². The number of sulfonamides is 1. The standard InChI is InChI=1S/C21H32N2O3S/c1-14(2)11-18-19(21(18,5)6)20(24)22-12-16-9-7-8-10-17(16)13-27(25,26)23-15(3)4/h7-11,15,18-19,23H,12-13H2,1-6H3,(H,22,24)/t18-,19+/m1/s1. The van der Waals surface area contributed by atoms with Gasteiger partial charge in [-0.05, 0) is 50.2 Å². The SMILES string of the molecule is CC(C)=C[C@@H]1[C@@H](C(=O)NCc2ccccc2CS(=O)(=O)NC(C)C)C1(C)C. The topological polar surface area (TPSA) is 75.3 Å². The first-order valence-electron chi connectivity index (χ1n) is 9.43. The van der Waals surface area contributed by atoms with Gasteiger partial charge >= 0.3 is 0 Å². The Bertz CT molecular complexity index is 822. The molecule has 2 atom stereocenters. The van der Waals surface area contributed by atoms with Crippen molar-refractivity contribution in [2.45, 2.75) is 59.9 Å². The van der Waals surface area contributed by atoms with Gasteiger partial charge in [0.2, 0.25) is 15.9 Å². The van der Waals surface area contributed by atoms with E-state index in [0.717, 1.165) is 5.56 Å². The Morgan fingerprint density at radius 2 is 1.78 bits per heavy atom. The average molecular weight is 393 g/mol. The van der Waals surface area contributed by atoms with E-state index in [4.69, 9.17) is 0 Å². The van der Waals surface area contributed by atoms with Gasteiger partial charge in [-0.3, -0.25) is 4.79 Å². The lowest BCUT2D eigenvalue weighted by Gasteiger charge is -2.13. The Balaban J connectivity index is 2.05. The van der Waals surface area contributed by atoms with Gasteiger partial charge in [0, 0.05) is 12.6 Å². The van der Waals surface area contributed by atoms with Crippen LogP contribution in [0.25, 0.3) is 0 Å². The number of carbonyl (C=O) groups is 1. The summed E-state index contributed by atoms with van der Waals surface area (Å²) < 4.78 is 27.1. The minimum absolute atomic E-state index is 0.0282. The second-order valence-corrected chi connectivity index (χ2v) is 10.3. The Hall–Kier alpha value is -1.66. The van der Waals surface area contributed by atoms with Crippen molar-refractivity contribution in [1.82, 2.24) is 10.0 Å². The molecule has 150 valence electrons. The number of carbonyl (C=O) groups excluding carboxylic acids is 1. The van der Waals surface area contributed by atoms with Crippen LogP contribution in [0.1, 0.15) is 52.7 Å². The summed E-state index contributed by atoms with van der Waals surface area (Å²) in [6.45, 7) is 12.2. The first-order valence-corrected chi connectivity index (χ1v) is 11.1. The maximum Gasteiger partial charge on any atom is 0.224 e. The van der Waals surface area contributed by atoms with Crippen LogP contribution < -0.4 is 10.0 Å². The molecule has 1 aromatic carbocycles. The first-order chi connectivity index (χ1) is 12.4. The van der Waals surface area contributed by atoms with Crippen LogP contribution in [-0.2, 0) is 27.1 Å². The normalized spacial score (nSPS) is 21.0. The molecule has 6 heteroatoms. The second kappa shape index (κ2) is 8.15. The summed E-state index contributed by atoms with van der Waals surface area (Å²) in [7, 11) is -3.41. The molecule has 2 N–H and O–H groups in total. The number of amides is 1. The summed E-state index contributed by atoms with van der Waals surface area (Å²) in [5, 5.41) is 3.00. The van der Waals surface area contributed by atoms with Crippen LogP contribution in [0.4, 0.5) is 0 Å². The number of hydrogen-bond donors (Lipinski definition) is 2. The molecule has 0 radical (unpaired) electrons. The molecule has 0 saturated heterocycles. The fourth-order valence-corrected chi connectivity index (χ4v) is 5.11. The summed E-state index contributed by atoms with van der Waals surface area (Å²) in [6.07, 6.45) is 2.17. The lowest BCUT2D eigenvalue weighted by molar-refractivity contribution is -0.123. The molecule has 1 aliphatic carbocycles. The highest BCUT2D eigenvalue weighted by Crippen LogP contribution is 2.59. The molecule has 1 saturated carbocycles. The summed E-state index contributed by atoms with van der Waals surface area (Å²) in [6, 6.07) is 7.20. The van der Waals surface area contributed by atoms with E-state index in [1.54, 1.807) is 19.9 Å². The first kappa shape index (κ1) is 21.6. The van der Waals surface area contributed by atoms with Gasteiger partial charge in [-0.2, -0.15) is 0 Å². The van der Waals surface area contributed by atoms with Crippen LogP contribution in [-0.4, -0.2) is 20.4 Å². The van der Waals surface area contributed by atoms with E-state index in [1.807, 2.05) is 32.0 Å². The lowest BCUT2D eigenvalue weighted by Crippen LogP contribution is -2.32. The number of rotatable bonds is 8. The number of allylic oxidation sites excluding steroid dienone is 2. The zero-order valence-corrected chi connectivity index (χ0v) is 18.0. The summed E-state index contributed by atoms with van der Waals surface area (Å²) in [5.41, 5.74) is 2.72. The second-order valence-electron chi connectivity index (χ2n) is 8.59. The molecule has 0 aromatic heterocycles. The summed E-state index contributed by atoms with van der Waals surface area (Å²) in [4.78, 5) is 12.7. The number of benzene rings is 1. The van der Waals surface area contributed by atoms with Gasteiger partial charge in [-0.25, -0.2) is 13.1 Å². The quantitative estimate of drug-likeness (QED) is 0.666. The molecule has 27 heavy (non-hydrogen) atoms. The molecule has 0 unspecified atom stereocenters. The zero-order chi connectivity index (χ0) is 20.4. The highest BCUT2D eigenvalue weighted by Gasteiger charge is 2.60. The van der Waals surface area contributed by atoms with Crippen molar-refractivity contribution in [3.63, 3.8) is 0 Å². The molecule has 0 spiro atoms. The predicted octanol–water partition coefficient (Wildman–Crippen LogP) is 3.37. The van der Waals surface area contributed by atoms with Crippen LogP contribution in [0.3, 0.4) is 0 Å². The minimum atomic E-state index is -3.41. The monoisotopic (exact) mass is 392 g/mol. The van der Waals surface area contributed by atoms with Gasteiger partial charge in [0.1, 0.15) is 0 Å². The van der Waals surface area contributed by atoms with Gasteiger partial charge < -0.3 is 5.32 Å². The lowest BCUT2D eigenvalue weighted by atomic mass is 10.1. The van der Waals surface area contributed by atoms with Crippen LogP contribution in [0, 0.1) is 17.3 Å². The van der Waals surface area contributed by atoms with Crippen molar-refractivity contribution < 1.29 is 13.2 Å². The van der Waals surface area contributed by atoms with E-state index >= 15 is 0 Å². The fourth-order valence-electron chi connectivity index (χ4n) is 3.62. The van der Waals surface area contributed by atoms with Crippen molar-refractivity contribution in [3.05, 3.63) is 47.0 Å². The molecule has 0 bridgehead atoms. The molecule has 2 rings (SSSR count). The van der Waals surface area contributed by atoms with Crippen molar-refractivity contribution in [2.24, 2.45) is 17.3 Å². The average Bonchev–Trinajstić information content (AvgIpc) is 3.04. The number of hydrogen-bond acceptors (Lipinski definition) is 3. The molecule has 0 heterocycles. The third-order valence-corrected chi connectivity index (χ3v) is 6.56. The summed E-state index contributed by atoms with van der Waals surface area (Å²) >= 11 is 0. The van der Waals surface area contributed by atoms with Crippen LogP contribution in [0.5, 0.6) is 0 Å². The van der Waals surface area contributed by atoms with Crippen LogP contribution in [0.15, 0.2) is 35.9 Å². The van der Waals surface area contributed by atoms with E-state index in [9.17, 15) is 13.2 Å². The largest absolute Gasteiger partial charge is 0.352 e. The highest BCUT2D eigenvalue weighted by molar-refractivity contribution is 7.88. The third kappa shape index (κ3) is 5.66. The van der Waals surface area contributed by atoms with Gasteiger partial charge in [-0.15, -0.1) is 0 Å². The smallest absolute Gasteiger partial charge is 0.224 e. The molecule has 5 nitrogen and oxygen atoms in total. The zero-order valence-electron chi connectivity index (χ0n) is 17.2. The van der Waals surface area contributed by atoms with Gasteiger partial charge in [-0.1, -0.05) is 49.8 Å². The fraction of sp³-hybridized carbons (Fsp3) is 0.571. The molecule has 1 fully saturated rings. The van der Waals surface area contributed by atoms with Gasteiger partial charge in [0.15, 0.2) is 0 Å². The van der Waals surface area contributed by atoms with Crippen LogP contribution >= 0.6 is 0 Å². The Morgan fingerprint density at radius 1 is 1.19 bits per heavy atom. The van der Waals surface area contributed by atoms with E-state index in [2.05, 4.69) is 30.0 Å². The molecular weight excluding hydrogens is 360 g/mol. The highest BCUT2D eigenvalue weighted by atomic mass is 32.2. The summed E-state index contributed by atoms with van der Waals surface area (Å²) in [5.74, 6) is 0.159. The van der Waals surface area contributed by atoms with Crippen LogP contribution in [0.2, 0.25) is 0 Å². The minimum Gasteiger partial charge on any atom is -0.352 e. The van der Waals surface area contributed by atoms with E-state index in [-0.39, 0.29) is 35.0 Å². The number of nitrogens with one attached hydrogen (secondary N) is 2. The van der Waals surface area contributed by atoms with Gasteiger partial charge in [0.25, 0.3) is 0 Å². The molecule has 1 aliphatic rings. The maximum atomic E-state index is 12.7. The van der Waals surface area contributed by atoms with Crippen molar-refractivity contribution in [2.75, 3.05) is 0 Å². The third-order valence-electron chi connectivity index (χ3n) is 5.04. The van der Waals surface area contributed by atoms with E-state index in [1.165, 1.54) is 5.57 Å². The van der Waals surface area contributed by atoms with Crippen molar-refractivity contribution in [1.29, 1.82) is 0 Å². The van der Waals surface area contributed by atoms with E-state index < -0.39 is 10.0 Å². The molecule has 1 aromatic rings. The Labute approximate surface area is 163 Å². The molecular formula is C21H32N2O3S. The molecule has 0 aliphatic heterocycles. The van der Waals surface area contributed by atoms with E-state index in [0.29, 0.717) is 12.1 Å². The van der Waals surface area contributed by atoms with Gasteiger partial charge in [0.05, 0.1) is 11.7 Å². The maximum absolute atomic E-state index is 12.7. The molecule has 1 amide bonds. The Morgan fingerprint density at radius 3 is 2.33 bits per heavy atom. The predicted molar refractivity (Wildman–Crippen MR) is 109 cm³/mol.